The standard InChI is InChI=1S/C16H23FN2O2/c1-12(2)18-16(21)11-19(3)10-4-5-15(20)13-6-8-14(17)9-7-13/h6-9,12H,4-5,10-11H2,1-3H3,(H,18,21). The zero-order valence-electron chi connectivity index (χ0n) is 12.9. The highest BCUT2D eigenvalue weighted by atomic mass is 19.1. The first-order valence-electron chi connectivity index (χ1n) is 7.15. The first-order chi connectivity index (χ1) is 9.88. The zero-order valence-corrected chi connectivity index (χ0v) is 12.9. The van der Waals surface area contributed by atoms with Gasteiger partial charge in [0.15, 0.2) is 5.78 Å². The van der Waals surface area contributed by atoms with Gasteiger partial charge in [-0.3, -0.25) is 14.5 Å². The number of benzene rings is 1. The molecule has 21 heavy (non-hydrogen) atoms. The predicted molar refractivity (Wildman–Crippen MR) is 80.7 cm³/mol. The number of hydrogen-bond acceptors (Lipinski definition) is 3. The third-order valence-electron chi connectivity index (χ3n) is 2.97. The summed E-state index contributed by atoms with van der Waals surface area (Å²) in [6.45, 7) is 4.82. The van der Waals surface area contributed by atoms with E-state index in [1.165, 1.54) is 24.3 Å². The number of likely N-dealkylation sites (N-methyl/N-ethyl adjacent to an activating group) is 1. The minimum Gasteiger partial charge on any atom is -0.353 e. The number of nitrogens with zero attached hydrogens (tertiary/aromatic N) is 1. The van der Waals surface area contributed by atoms with Crippen molar-refractivity contribution in [1.82, 2.24) is 10.2 Å². The van der Waals surface area contributed by atoms with Crippen LogP contribution in [0.25, 0.3) is 0 Å². The van der Waals surface area contributed by atoms with E-state index < -0.39 is 0 Å². The van der Waals surface area contributed by atoms with E-state index in [1.54, 1.807) is 0 Å². The molecule has 0 unspecified atom stereocenters. The quantitative estimate of drug-likeness (QED) is 0.748. The third kappa shape index (κ3) is 6.99. The topological polar surface area (TPSA) is 49.4 Å². The van der Waals surface area contributed by atoms with Crippen molar-refractivity contribution in [3.05, 3.63) is 35.6 Å². The highest BCUT2D eigenvalue weighted by molar-refractivity contribution is 5.95. The van der Waals surface area contributed by atoms with Crippen LogP contribution < -0.4 is 5.32 Å². The van der Waals surface area contributed by atoms with E-state index in [1.807, 2.05) is 25.8 Å². The SMILES string of the molecule is CC(C)NC(=O)CN(C)CCCC(=O)c1ccc(F)cc1. The minimum atomic E-state index is -0.345. The molecule has 0 aliphatic heterocycles. The summed E-state index contributed by atoms with van der Waals surface area (Å²) in [4.78, 5) is 25.3. The van der Waals surface area contributed by atoms with Crippen LogP contribution in [0.3, 0.4) is 0 Å². The van der Waals surface area contributed by atoms with Gasteiger partial charge in [-0.2, -0.15) is 0 Å². The van der Waals surface area contributed by atoms with E-state index in [-0.39, 0.29) is 23.5 Å². The molecule has 0 radical (unpaired) electrons. The minimum absolute atomic E-state index is 0.00460. The molecule has 0 aliphatic carbocycles. The second-order valence-electron chi connectivity index (χ2n) is 5.49. The molecule has 1 aromatic rings. The second-order valence-corrected chi connectivity index (χ2v) is 5.49. The highest BCUT2D eigenvalue weighted by Gasteiger charge is 2.09. The Bertz CT molecular complexity index is 472. The molecule has 1 rings (SSSR count). The van der Waals surface area contributed by atoms with Gasteiger partial charge >= 0.3 is 0 Å². The van der Waals surface area contributed by atoms with Gasteiger partial charge in [0.25, 0.3) is 0 Å². The molecule has 0 bridgehead atoms. The Morgan fingerprint density at radius 3 is 2.43 bits per heavy atom. The number of carbonyl (C=O) groups is 2. The smallest absolute Gasteiger partial charge is 0.234 e. The Kier molecular flexibility index (Phi) is 7.02. The molecule has 1 N–H and O–H groups in total. The fraction of sp³-hybridized carbons (Fsp3) is 0.500. The molecule has 116 valence electrons. The Balaban J connectivity index is 2.28. The van der Waals surface area contributed by atoms with Crippen LogP contribution in [-0.2, 0) is 4.79 Å². The fourth-order valence-electron chi connectivity index (χ4n) is 1.98. The molecule has 0 spiro atoms. The molecule has 4 nitrogen and oxygen atoms in total. The summed E-state index contributed by atoms with van der Waals surface area (Å²) >= 11 is 0. The lowest BCUT2D eigenvalue weighted by atomic mass is 10.1. The molecule has 0 heterocycles. The molecule has 1 amide bonds. The average Bonchev–Trinajstić information content (AvgIpc) is 2.38. The van der Waals surface area contributed by atoms with Gasteiger partial charge in [0.1, 0.15) is 5.82 Å². The summed E-state index contributed by atoms with van der Waals surface area (Å²) in [6, 6.07) is 5.70. The van der Waals surface area contributed by atoms with Crippen molar-refractivity contribution in [3.63, 3.8) is 0 Å². The van der Waals surface area contributed by atoms with Crippen molar-refractivity contribution < 1.29 is 14.0 Å². The molecule has 1 aromatic carbocycles. The monoisotopic (exact) mass is 294 g/mol. The van der Waals surface area contributed by atoms with Crippen LogP contribution in [0.15, 0.2) is 24.3 Å². The number of carbonyl (C=O) groups excluding carboxylic acids is 2. The Morgan fingerprint density at radius 1 is 1.24 bits per heavy atom. The molecule has 0 saturated carbocycles. The van der Waals surface area contributed by atoms with Gasteiger partial charge in [-0.25, -0.2) is 4.39 Å². The van der Waals surface area contributed by atoms with E-state index in [0.29, 0.717) is 31.5 Å². The van der Waals surface area contributed by atoms with E-state index in [9.17, 15) is 14.0 Å². The lowest BCUT2D eigenvalue weighted by Crippen LogP contribution is -2.38. The zero-order chi connectivity index (χ0) is 15.8. The second kappa shape index (κ2) is 8.52. The van der Waals surface area contributed by atoms with Crippen molar-refractivity contribution in [2.75, 3.05) is 20.1 Å². The van der Waals surface area contributed by atoms with Crippen LogP contribution in [0.2, 0.25) is 0 Å². The first-order valence-corrected chi connectivity index (χ1v) is 7.15. The fourth-order valence-corrected chi connectivity index (χ4v) is 1.98. The predicted octanol–water partition coefficient (Wildman–Crippen LogP) is 2.25. The summed E-state index contributed by atoms with van der Waals surface area (Å²) in [6.07, 6.45) is 1.06. The van der Waals surface area contributed by atoms with Gasteiger partial charge in [0.2, 0.25) is 5.91 Å². The van der Waals surface area contributed by atoms with Crippen molar-refractivity contribution in [1.29, 1.82) is 0 Å². The molecule has 0 aromatic heterocycles. The van der Waals surface area contributed by atoms with Crippen molar-refractivity contribution in [2.45, 2.75) is 32.7 Å². The van der Waals surface area contributed by atoms with E-state index in [0.717, 1.165) is 0 Å². The number of hydrogen-bond donors (Lipinski definition) is 1. The van der Waals surface area contributed by atoms with Crippen LogP contribution >= 0.6 is 0 Å². The largest absolute Gasteiger partial charge is 0.353 e. The summed E-state index contributed by atoms with van der Waals surface area (Å²) < 4.78 is 12.8. The molecule has 5 heteroatoms. The summed E-state index contributed by atoms with van der Waals surface area (Å²) in [5.74, 6) is -0.366. The maximum absolute atomic E-state index is 12.8. The van der Waals surface area contributed by atoms with E-state index in [4.69, 9.17) is 0 Å². The van der Waals surface area contributed by atoms with Crippen LogP contribution in [0.4, 0.5) is 4.39 Å². The number of ketones is 1. The summed E-state index contributed by atoms with van der Waals surface area (Å²) in [5, 5.41) is 2.82. The third-order valence-corrected chi connectivity index (χ3v) is 2.97. The van der Waals surface area contributed by atoms with Gasteiger partial charge in [-0.1, -0.05) is 0 Å². The summed E-state index contributed by atoms with van der Waals surface area (Å²) in [5.41, 5.74) is 0.525. The van der Waals surface area contributed by atoms with Crippen LogP contribution in [0.5, 0.6) is 0 Å². The van der Waals surface area contributed by atoms with Crippen LogP contribution in [-0.4, -0.2) is 42.8 Å². The Hall–Kier alpha value is -1.75. The molecular formula is C16H23FN2O2. The van der Waals surface area contributed by atoms with Crippen LogP contribution in [0, 0.1) is 5.82 Å². The number of nitrogens with one attached hydrogen (secondary N) is 1. The summed E-state index contributed by atoms with van der Waals surface area (Å²) in [7, 11) is 1.85. The van der Waals surface area contributed by atoms with Crippen LogP contribution in [0.1, 0.15) is 37.0 Å². The van der Waals surface area contributed by atoms with E-state index in [2.05, 4.69) is 5.32 Å². The normalized spacial score (nSPS) is 11.0. The number of amides is 1. The maximum atomic E-state index is 12.8. The highest BCUT2D eigenvalue weighted by Crippen LogP contribution is 2.07. The van der Waals surface area contributed by atoms with Gasteiger partial charge in [0, 0.05) is 18.0 Å². The Morgan fingerprint density at radius 2 is 1.86 bits per heavy atom. The lowest BCUT2D eigenvalue weighted by Gasteiger charge is -2.17. The molecule has 0 fully saturated rings. The van der Waals surface area contributed by atoms with Gasteiger partial charge in [0.05, 0.1) is 6.54 Å². The average molecular weight is 294 g/mol. The van der Waals surface area contributed by atoms with Gasteiger partial charge < -0.3 is 5.32 Å². The molecule has 0 saturated heterocycles. The van der Waals surface area contributed by atoms with Crippen molar-refractivity contribution >= 4 is 11.7 Å². The number of Topliss-reactive ketones (excluding diaryl/α,β-unsaturated/α-hetero) is 1. The van der Waals surface area contributed by atoms with E-state index >= 15 is 0 Å². The van der Waals surface area contributed by atoms with Crippen molar-refractivity contribution in [2.24, 2.45) is 0 Å². The maximum Gasteiger partial charge on any atom is 0.234 e. The lowest BCUT2D eigenvalue weighted by molar-refractivity contribution is -0.122. The van der Waals surface area contributed by atoms with Crippen molar-refractivity contribution in [3.8, 4) is 0 Å². The number of rotatable bonds is 8. The first kappa shape index (κ1) is 17.3. The Labute approximate surface area is 125 Å². The van der Waals surface area contributed by atoms with Gasteiger partial charge in [-0.05, 0) is 58.1 Å². The molecular weight excluding hydrogens is 271 g/mol. The number of halogens is 1. The van der Waals surface area contributed by atoms with Gasteiger partial charge in [-0.15, -0.1) is 0 Å². The molecule has 0 atom stereocenters. The molecule has 0 aliphatic rings.